The summed E-state index contributed by atoms with van der Waals surface area (Å²) in [6, 6.07) is 0. The third-order valence-electron chi connectivity index (χ3n) is 1.04. The maximum absolute atomic E-state index is 3.98. The summed E-state index contributed by atoms with van der Waals surface area (Å²) in [6.45, 7) is 2.14. The van der Waals surface area contributed by atoms with E-state index < -0.39 is 0 Å². The van der Waals surface area contributed by atoms with E-state index in [-0.39, 0.29) is 0 Å². The first-order valence-corrected chi connectivity index (χ1v) is 4.91. The van der Waals surface area contributed by atoms with E-state index >= 15 is 0 Å². The first-order valence-electron chi connectivity index (χ1n) is 3.11. The third-order valence-corrected chi connectivity index (χ3v) is 2.75. The van der Waals surface area contributed by atoms with E-state index in [0.717, 1.165) is 22.2 Å². The van der Waals surface area contributed by atoms with E-state index in [1.54, 1.807) is 11.3 Å². The Bertz CT molecular complexity index is 197. The quantitative estimate of drug-likeness (QED) is 0.656. The van der Waals surface area contributed by atoms with Crippen molar-refractivity contribution in [2.24, 2.45) is 0 Å². The molecule has 10 heavy (non-hydrogen) atoms. The Labute approximate surface area is 69.1 Å². The minimum Gasteiger partial charge on any atom is -0.143 e. The van der Waals surface area contributed by atoms with Crippen molar-refractivity contribution in [2.75, 3.05) is 0 Å². The van der Waals surface area contributed by atoms with Crippen LogP contribution in [0.25, 0.3) is 0 Å². The van der Waals surface area contributed by atoms with Crippen LogP contribution in [0.2, 0.25) is 0 Å². The van der Waals surface area contributed by atoms with Gasteiger partial charge in [0.2, 0.25) is 0 Å². The molecule has 0 amide bonds. The summed E-state index contributed by atoms with van der Waals surface area (Å²) in [7, 11) is 0. The van der Waals surface area contributed by atoms with Crippen molar-refractivity contribution >= 4 is 23.1 Å². The standard InChI is InChI=1S/C6H9N2S2/c1-3-4-5-7-8-6(9-2)10-5/h2-4H2,1H3. The Hall–Kier alpha value is -0.0900. The minimum absolute atomic E-state index is 0.962. The smallest absolute Gasteiger partial charge is 0.143 e. The van der Waals surface area contributed by atoms with Gasteiger partial charge in [-0.15, -0.1) is 10.2 Å². The molecule has 0 aliphatic heterocycles. The number of rotatable bonds is 3. The fourth-order valence-corrected chi connectivity index (χ4v) is 1.91. The molecular formula is C6H9N2S2. The molecule has 55 valence electrons. The van der Waals surface area contributed by atoms with Crippen molar-refractivity contribution in [3.63, 3.8) is 0 Å². The second kappa shape index (κ2) is 3.93. The van der Waals surface area contributed by atoms with Gasteiger partial charge in [0, 0.05) is 12.7 Å². The molecule has 4 heteroatoms. The van der Waals surface area contributed by atoms with Gasteiger partial charge in [-0.2, -0.15) is 0 Å². The fourth-order valence-electron chi connectivity index (χ4n) is 0.611. The highest BCUT2D eigenvalue weighted by Crippen LogP contribution is 2.21. The van der Waals surface area contributed by atoms with E-state index in [2.05, 4.69) is 23.4 Å². The highest BCUT2D eigenvalue weighted by Gasteiger charge is 1.99. The zero-order valence-electron chi connectivity index (χ0n) is 5.83. The van der Waals surface area contributed by atoms with Crippen LogP contribution in [0, 0.1) is 6.26 Å². The molecule has 0 aliphatic rings. The summed E-state index contributed by atoms with van der Waals surface area (Å²) in [4.78, 5) is 0. The van der Waals surface area contributed by atoms with Crippen molar-refractivity contribution in [3.8, 4) is 0 Å². The van der Waals surface area contributed by atoms with Crippen molar-refractivity contribution in [3.05, 3.63) is 11.3 Å². The van der Waals surface area contributed by atoms with Gasteiger partial charge in [0.1, 0.15) is 5.01 Å². The number of hydrogen-bond acceptors (Lipinski definition) is 4. The van der Waals surface area contributed by atoms with Crippen LogP contribution in [-0.4, -0.2) is 10.2 Å². The second-order valence-corrected chi connectivity index (χ2v) is 3.85. The lowest BCUT2D eigenvalue weighted by atomic mass is 10.4. The van der Waals surface area contributed by atoms with Gasteiger partial charge in [-0.25, -0.2) is 0 Å². The molecule has 0 aliphatic carbocycles. The summed E-state index contributed by atoms with van der Waals surface area (Å²) in [5.41, 5.74) is 0. The van der Waals surface area contributed by atoms with Crippen LogP contribution >= 0.6 is 23.1 Å². The highest BCUT2D eigenvalue weighted by molar-refractivity contribution is 8.02. The average Bonchev–Trinajstić information content (AvgIpc) is 2.37. The molecule has 0 unspecified atom stereocenters. The predicted molar refractivity (Wildman–Crippen MR) is 45.1 cm³/mol. The Morgan fingerprint density at radius 2 is 2.40 bits per heavy atom. The van der Waals surface area contributed by atoms with Crippen LogP contribution in [0.4, 0.5) is 0 Å². The van der Waals surface area contributed by atoms with E-state index in [1.165, 1.54) is 11.8 Å². The highest BCUT2D eigenvalue weighted by atomic mass is 32.2. The van der Waals surface area contributed by atoms with Crippen molar-refractivity contribution in [1.29, 1.82) is 0 Å². The van der Waals surface area contributed by atoms with E-state index in [0.29, 0.717) is 0 Å². The fraction of sp³-hybridized carbons (Fsp3) is 0.500. The number of nitrogens with zero attached hydrogens (tertiary/aromatic N) is 2. The lowest BCUT2D eigenvalue weighted by molar-refractivity contribution is 0.867. The van der Waals surface area contributed by atoms with Crippen LogP contribution in [0.5, 0.6) is 0 Å². The molecule has 0 N–H and O–H groups in total. The van der Waals surface area contributed by atoms with E-state index in [4.69, 9.17) is 0 Å². The molecule has 1 rings (SSSR count). The zero-order chi connectivity index (χ0) is 7.40. The first kappa shape index (κ1) is 8.01. The van der Waals surface area contributed by atoms with E-state index in [1.807, 2.05) is 0 Å². The molecule has 0 bridgehead atoms. The number of hydrogen-bond donors (Lipinski definition) is 0. The SMILES string of the molecule is [CH2]Sc1nnc(CCC)s1. The Kier molecular flexibility index (Phi) is 3.15. The third kappa shape index (κ3) is 1.95. The Morgan fingerprint density at radius 1 is 1.60 bits per heavy atom. The van der Waals surface area contributed by atoms with Gasteiger partial charge in [-0.1, -0.05) is 30.0 Å². The van der Waals surface area contributed by atoms with Crippen LogP contribution in [0.15, 0.2) is 4.34 Å². The van der Waals surface area contributed by atoms with Gasteiger partial charge in [0.15, 0.2) is 4.34 Å². The molecule has 1 heterocycles. The number of aromatic nitrogens is 2. The maximum Gasteiger partial charge on any atom is 0.174 e. The lowest BCUT2D eigenvalue weighted by Crippen LogP contribution is -1.79. The Balaban J connectivity index is 2.59. The summed E-state index contributed by atoms with van der Waals surface area (Å²) >= 11 is 3.05. The van der Waals surface area contributed by atoms with Gasteiger partial charge in [-0.05, 0) is 6.42 Å². The molecule has 0 aromatic carbocycles. The number of aryl methyl sites for hydroxylation is 1. The molecule has 1 aromatic rings. The summed E-state index contributed by atoms with van der Waals surface area (Å²) in [5, 5.41) is 9.03. The van der Waals surface area contributed by atoms with Crippen LogP contribution in [0.1, 0.15) is 18.4 Å². The summed E-state index contributed by atoms with van der Waals surface area (Å²) in [6.07, 6.45) is 5.83. The summed E-state index contributed by atoms with van der Waals surface area (Å²) < 4.78 is 0.962. The summed E-state index contributed by atoms with van der Waals surface area (Å²) in [5.74, 6) is 0. The molecule has 0 atom stereocenters. The van der Waals surface area contributed by atoms with Gasteiger partial charge < -0.3 is 0 Å². The van der Waals surface area contributed by atoms with E-state index in [9.17, 15) is 0 Å². The molecule has 2 nitrogen and oxygen atoms in total. The van der Waals surface area contributed by atoms with Crippen molar-refractivity contribution in [1.82, 2.24) is 10.2 Å². The molecule has 1 radical (unpaired) electrons. The topological polar surface area (TPSA) is 25.8 Å². The van der Waals surface area contributed by atoms with Crippen LogP contribution < -0.4 is 0 Å². The predicted octanol–water partition coefficient (Wildman–Crippen LogP) is 2.37. The number of thioether (sulfide) groups is 1. The molecular weight excluding hydrogens is 164 g/mol. The Morgan fingerprint density at radius 3 is 2.90 bits per heavy atom. The van der Waals surface area contributed by atoms with Crippen molar-refractivity contribution in [2.45, 2.75) is 24.1 Å². The maximum atomic E-state index is 3.98. The van der Waals surface area contributed by atoms with Crippen molar-refractivity contribution < 1.29 is 0 Å². The molecule has 1 aromatic heterocycles. The zero-order valence-corrected chi connectivity index (χ0v) is 7.47. The first-order chi connectivity index (χ1) is 4.86. The largest absolute Gasteiger partial charge is 0.174 e. The van der Waals surface area contributed by atoms with Gasteiger partial charge in [0.25, 0.3) is 0 Å². The lowest BCUT2D eigenvalue weighted by Gasteiger charge is -1.83. The normalized spacial score (nSPS) is 10.2. The molecule has 0 saturated carbocycles. The minimum atomic E-state index is 0.962. The van der Waals surface area contributed by atoms with Gasteiger partial charge in [0.05, 0.1) is 0 Å². The molecule has 0 spiro atoms. The molecule has 0 saturated heterocycles. The molecule has 0 fully saturated rings. The van der Waals surface area contributed by atoms with Gasteiger partial charge in [-0.3, -0.25) is 0 Å². The monoisotopic (exact) mass is 173 g/mol. The average molecular weight is 173 g/mol. The second-order valence-electron chi connectivity index (χ2n) is 1.86. The van der Waals surface area contributed by atoms with Gasteiger partial charge >= 0.3 is 0 Å². The van der Waals surface area contributed by atoms with Crippen LogP contribution in [-0.2, 0) is 6.42 Å². The van der Waals surface area contributed by atoms with Crippen LogP contribution in [0.3, 0.4) is 0 Å².